The van der Waals surface area contributed by atoms with Gasteiger partial charge in [-0.3, -0.25) is 14.8 Å². The molecule has 2 rings (SSSR count). The van der Waals surface area contributed by atoms with E-state index in [-0.39, 0.29) is 11.9 Å². The van der Waals surface area contributed by atoms with Crippen molar-refractivity contribution in [2.24, 2.45) is 0 Å². The Hall–Kier alpha value is -1.40. The fourth-order valence-corrected chi connectivity index (χ4v) is 2.26. The van der Waals surface area contributed by atoms with Gasteiger partial charge in [-0.15, -0.1) is 0 Å². The molecule has 6 heteroatoms. The second-order valence-corrected chi connectivity index (χ2v) is 4.76. The number of likely N-dealkylation sites (N-methyl/N-ethyl adjacent to an activating group) is 1. The van der Waals surface area contributed by atoms with Gasteiger partial charge in [0.25, 0.3) is 0 Å². The van der Waals surface area contributed by atoms with Gasteiger partial charge in [0.15, 0.2) is 0 Å². The molecule has 100 valence electrons. The van der Waals surface area contributed by atoms with Crippen LogP contribution >= 0.6 is 0 Å². The monoisotopic (exact) mass is 251 g/mol. The van der Waals surface area contributed by atoms with Crippen LogP contribution in [-0.2, 0) is 11.3 Å². The molecule has 1 aromatic rings. The summed E-state index contributed by atoms with van der Waals surface area (Å²) in [4.78, 5) is 16.3. The maximum absolute atomic E-state index is 12.3. The van der Waals surface area contributed by atoms with Crippen molar-refractivity contribution in [2.45, 2.75) is 19.5 Å². The minimum atomic E-state index is -0.0519. The van der Waals surface area contributed by atoms with E-state index >= 15 is 0 Å². The Morgan fingerprint density at radius 2 is 2.28 bits per heavy atom. The third-order valence-electron chi connectivity index (χ3n) is 3.41. The van der Waals surface area contributed by atoms with Crippen LogP contribution in [-0.4, -0.2) is 65.2 Å². The molecule has 1 unspecified atom stereocenters. The van der Waals surface area contributed by atoms with E-state index in [0.29, 0.717) is 6.54 Å². The number of carbonyl (C=O) groups excluding carboxylic acids is 1. The molecular formula is C12H21N5O. The van der Waals surface area contributed by atoms with Crippen molar-refractivity contribution >= 4 is 5.91 Å². The number of aromatic amines is 1. The molecule has 2 N–H and O–H groups in total. The topological polar surface area (TPSA) is 64.3 Å². The first-order valence-electron chi connectivity index (χ1n) is 6.36. The summed E-state index contributed by atoms with van der Waals surface area (Å²) in [6.07, 6.45) is 3.57. The van der Waals surface area contributed by atoms with Crippen LogP contribution in [0.2, 0.25) is 0 Å². The number of piperazine rings is 1. The lowest BCUT2D eigenvalue weighted by molar-refractivity contribution is -0.135. The van der Waals surface area contributed by atoms with E-state index in [1.165, 1.54) is 0 Å². The Morgan fingerprint density at radius 3 is 2.89 bits per heavy atom. The van der Waals surface area contributed by atoms with Crippen LogP contribution in [0.3, 0.4) is 0 Å². The van der Waals surface area contributed by atoms with Crippen LogP contribution < -0.4 is 5.32 Å². The molecule has 2 heterocycles. The van der Waals surface area contributed by atoms with Gasteiger partial charge in [0.1, 0.15) is 0 Å². The lowest BCUT2D eigenvalue weighted by Gasteiger charge is -2.33. The average molecular weight is 251 g/mol. The van der Waals surface area contributed by atoms with Gasteiger partial charge in [-0.2, -0.15) is 5.10 Å². The van der Waals surface area contributed by atoms with E-state index in [2.05, 4.69) is 20.4 Å². The number of H-pyrrole nitrogens is 1. The van der Waals surface area contributed by atoms with Gasteiger partial charge in [-0.25, -0.2) is 0 Å². The minimum Gasteiger partial charge on any atom is -0.340 e. The standard InChI is InChI=1S/C12H21N5O/c1-10(17-5-3-13-4-6-17)12(18)16(2)9-11-7-14-15-8-11/h7-8,10,13H,3-6,9H2,1-2H3,(H,14,15). The minimum absolute atomic E-state index is 0.0519. The van der Waals surface area contributed by atoms with Gasteiger partial charge < -0.3 is 10.2 Å². The van der Waals surface area contributed by atoms with Gasteiger partial charge in [-0.05, 0) is 6.92 Å². The highest BCUT2D eigenvalue weighted by Gasteiger charge is 2.25. The van der Waals surface area contributed by atoms with Gasteiger partial charge in [0.2, 0.25) is 5.91 Å². The number of nitrogens with zero attached hydrogens (tertiary/aromatic N) is 3. The Morgan fingerprint density at radius 1 is 1.56 bits per heavy atom. The Balaban J connectivity index is 1.88. The van der Waals surface area contributed by atoms with Crippen LogP contribution in [0, 0.1) is 0 Å². The second kappa shape index (κ2) is 5.97. The Bertz CT molecular complexity index is 372. The molecule has 1 aliphatic heterocycles. The first kappa shape index (κ1) is 13.0. The second-order valence-electron chi connectivity index (χ2n) is 4.76. The summed E-state index contributed by atoms with van der Waals surface area (Å²) < 4.78 is 0. The van der Waals surface area contributed by atoms with Crippen LogP contribution in [0.4, 0.5) is 0 Å². The third kappa shape index (κ3) is 3.08. The molecule has 6 nitrogen and oxygen atoms in total. The molecule has 1 amide bonds. The molecule has 0 bridgehead atoms. The van der Waals surface area contributed by atoms with Gasteiger partial charge >= 0.3 is 0 Å². The summed E-state index contributed by atoms with van der Waals surface area (Å²) in [6.45, 7) is 6.39. The average Bonchev–Trinajstić information content (AvgIpc) is 2.91. The number of hydrogen-bond acceptors (Lipinski definition) is 4. The molecule has 0 radical (unpaired) electrons. The highest BCUT2D eigenvalue weighted by Crippen LogP contribution is 2.07. The normalized spacial score (nSPS) is 18.6. The molecule has 0 aromatic carbocycles. The summed E-state index contributed by atoms with van der Waals surface area (Å²) in [7, 11) is 1.84. The van der Waals surface area contributed by atoms with Crippen LogP contribution in [0.5, 0.6) is 0 Å². The Labute approximate surface area is 107 Å². The summed E-state index contributed by atoms with van der Waals surface area (Å²) in [5, 5.41) is 9.94. The Kier molecular flexibility index (Phi) is 4.33. The summed E-state index contributed by atoms with van der Waals surface area (Å²) in [5.74, 6) is 0.165. The van der Waals surface area contributed by atoms with Crippen molar-refractivity contribution in [3.8, 4) is 0 Å². The van der Waals surface area contributed by atoms with E-state index in [0.717, 1.165) is 31.7 Å². The van der Waals surface area contributed by atoms with Crippen molar-refractivity contribution in [3.05, 3.63) is 18.0 Å². The largest absolute Gasteiger partial charge is 0.340 e. The lowest BCUT2D eigenvalue weighted by atomic mass is 10.2. The molecule has 1 fully saturated rings. The van der Waals surface area contributed by atoms with E-state index in [1.807, 2.05) is 20.2 Å². The zero-order chi connectivity index (χ0) is 13.0. The highest BCUT2D eigenvalue weighted by atomic mass is 16.2. The van der Waals surface area contributed by atoms with Gasteiger partial charge in [0, 0.05) is 51.5 Å². The van der Waals surface area contributed by atoms with E-state index in [9.17, 15) is 4.79 Å². The number of nitrogens with one attached hydrogen (secondary N) is 2. The quantitative estimate of drug-likeness (QED) is 0.768. The first-order valence-corrected chi connectivity index (χ1v) is 6.36. The smallest absolute Gasteiger partial charge is 0.239 e. The zero-order valence-corrected chi connectivity index (χ0v) is 11.0. The van der Waals surface area contributed by atoms with Crippen LogP contribution in [0.25, 0.3) is 0 Å². The van der Waals surface area contributed by atoms with Crippen LogP contribution in [0.15, 0.2) is 12.4 Å². The predicted molar refractivity (Wildman–Crippen MR) is 69.0 cm³/mol. The van der Waals surface area contributed by atoms with Gasteiger partial charge in [0.05, 0.1) is 12.2 Å². The molecule has 1 aromatic heterocycles. The summed E-state index contributed by atoms with van der Waals surface area (Å²) in [6, 6.07) is -0.0519. The van der Waals surface area contributed by atoms with Gasteiger partial charge in [-0.1, -0.05) is 0 Å². The molecule has 1 atom stereocenters. The maximum Gasteiger partial charge on any atom is 0.239 e. The van der Waals surface area contributed by atoms with Crippen molar-refractivity contribution in [2.75, 3.05) is 33.2 Å². The first-order chi connectivity index (χ1) is 8.68. The molecule has 0 spiro atoms. The number of aromatic nitrogens is 2. The fraction of sp³-hybridized carbons (Fsp3) is 0.667. The molecule has 1 saturated heterocycles. The number of rotatable bonds is 4. The van der Waals surface area contributed by atoms with Crippen molar-refractivity contribution in [1.29, 1.82) is 0 Å². The SMILES string of the molecule is CC(C(=O)N(C)Cc1cn[nH]c1)N1CCNCC1. The lowest BCUT2D eigenvalue weighted by Crippen LogP contribution is -2.52. The van der Waals surface area contributed by atoms with E-state index < -0.39 is 0 Å². The summed E-state index contributed by atoms with van der Waals surface area (Å²) >= 11 is 0. The van der Waals surface area contributed by atoms with Crippen LogP contribution in [0.1, 0.15) is 12.5 Å². The van der Waals surface area contributed by atoms with Crippen molar-refractivity contribution in [1.82, 2.24) is 25.3 Å². The molecule has 0 aliphatic carbocycles. The van der Waals surface area contributed by atoms with Crippen molar-refractivity contribution in [3.63, 3.8) is 0 Å². The number of hydrogen-bond donors (Lipinski definition) is 2. The maximum atomic E-state index is 12.3. The van der Waals surface area contributed by atoms with E-state index in [4.69, 9.17) is 0 Å². The molecule has 18 heavy (non-hydrogen) atoms. The number of carbonyl (C=O) groups is 1. The van der Waals surface area contributed by atoms with Crippen molar-refractivity contribution < 1.29 is 4.79 Å². The molecule has 1 aliphatic rings. The fourth-order valence-electron chi connectivity index (χ4n) is 2.26. The molecule has 0 saturated carbocycles. The number of amides is 1. The highest BCUT2D eigenvalue weighted by molar-refractivity contribution is 5.81. The predicted octanol–water partition coefficient (Wildman–Crippen LogP) is -0.338. The third-order valence-corrected chi connectivity index (χ3v) is 3.41. The molecular weight excluding hydrogens is 230 g/mol. The van der Waals surface area contributed by atoms with E-state index in [1.54, 1.807) is 11.1 Å². The zero-order valence-electron chi connectivity index (χ0n) is 11.0. The summed E-state index contributed by atoms with van der Waals surface area (Å²) in [5.41, 5.74) is 1.03.